The molecule has 2 atom stereocenters. The van der Waals surface area contributed by atoms with E-state index in [0.29, 0.717) is 37.9 Å². The SMILES string of the molecule is CCCC[C@H](CC(=O)NO)C(=O)N[C@H](C(=O)N1CCC(NC(=O)c2ccc(C)cc2)CC1)C(C)(C)C. The summed E-state index contributed by atoms with van der Waals surface area (Å²) < 4.78 is 0. The molecular formula is C27H42N4O5. The fourth-order valence-electron chi connectivity index (χ4n) is 4.36. The van der Waals surface area contributed by atoms with Gasteiger partial charge in [0.1, 0.15) is 6.04 Å². The standard InChI is InChI=1S/C27H42N4O5/c1-6-7-8-20(17-22(32)30-36)25(34)29-23(27(3,4)5)26(35)31-15-13-21(14-16-31)28-24(33)19-11-9-18(2)10-12-19/h9-12,20-21,23,36H,6-8,13-17H2,1-5H3,(H,28,33)(H,29,34)(H,30,32)/t20-,23-/m1/s1. The Hall–Kier alpha value is -2.94. The highest BCUT2D eigenvalue weighted by Crippen LogP contribution is 2.24. The zero-order valence-corrected chi connectivity index (χ0v) is 22.2. The van der Waals surface area contributed by atoms with Crippen LogP contribution >= 0.6 is 0 Å². The quantitative estimate of drug-likeness (QED) is 0.289. The second-order valence-corrected chi connectivity index (χ2v) is 10.8. The Morgan fingerprint density at radius 1 is 1.08 bits per heavy atom. The van der Waals surface area contributed by atoms with Gasteiger partial charge in [-0.1, -0.05) is 58.2 Å². The molecule has 9 nitrogen and oxygen atoms in total. The Labute approximate surface area is 214 Å². The lowest BCUT2D eigenvalue weighted by molar-refractivity contribution is -0.142. The van der Waals surface area contributed by atoms with E-state index in [1.807, 2.05) is 46.8 Å². The van der Waals surface area contributed by atoms with Crippen LogP contribution in [0.15, 0.2) is 24.3 Å². The number of hydrogen-bond donors (Lipinski definition) is 4. The first-order chi connectivity index (χ1) is 17.0. The molecule has 1 aliphatic heterocycles. The van der Waals surface area contributed by atoms with Crippen LogP contribution < -0.4 is 16.1 Å². The van der Waals surface area contributed by atoms with E-state index < -0.39 is 23.3 Å². The van der Waals surface area contributed by atoms with Gasteiger partial charge in [0.05, 0.1) is 0 Å². The highest BCUT2D eigenvalue weighted by atomic mass is 16.5. The molecule has 0 spiro atoms. The van der Waals surface area contributed by atoms with Crippen molar-refractivity contribution in [1.29, 1.82) is 0 Å². The number of nitrogens with one attached hydrogen (secondary N) is 3. The summed E-state index contributed by atoms with van der Waals surface area (Å²) in [5.41, 5.74) is 2.75. The molecular weight excluding hydrogens is 460 g/mol. The number of nitrogens with zero attached hydrogens (tertiary/aromatic N) is 1. The van der Waals surface area contributed by atoms with Crippen LogP contribution in [0.4, 0.5) is 0 Å². The monoisotopic (exact) mass is 502 g/mol. The minimum absolute atomic E-state index is 0.0269. The van der Waals surface area contributed by atoms with E-state index in [9.17, 15) is 19.2 Å². The second-order valence-electron chi connectivity index (χ2n) is 10.8. The van der Waals surface area contributed by atoms with Crippen LogP contribution in [0.2, 0.25) is 0 Å². The molecule has 1 aromatic carbocycles. The van der Waals surface area contributed by atoms with Gasteiger partial charge in [-0.15, -0.1) is 0 Å². The molecule has 0 aliphatic carbocycles. The maximum Gasteiger partial charge on any atom is 0.251 e. The molecule has 1 aliphatic rings. The maximum absolute atomic E-state index is 13.5. The highest BCUT2D eigenvalue weighted by molar-refractivity contribution is 5.94. The molecule has 0 saturated carbocycles. The lowest BCUT2D eigenvalue weighted by Crippen LogP contribution is -2.58. The van der Waals surface area contributed by atoms with E-state index in [1.165, 1.54) is 0 Å². The van der Waals surface area contributed by atoms with Crippen molar-refractivity contribution in [3.8, 4) is 0 Å². The van der Waals surface area contributed by atoms with E-state index in [4.69, 9.17) is 5.21 Å². The fourth-order valence-corrected chi connectivity index (χ4v) is 4.36. The zero-order chi connectivity index (χ0) is 26.9. The number of carbonyl (C=O) groups is 4. The van der Waals surface area contributed by atoms with Crippen molar-refractivity contribution in [2.24, 2.45) is 11.3 Å². The molecule has 2 rings (SSSR count). The summed E-state index contributed by atoms with van der Waals surface area (Å²) in [6.07, 6.45) is 3.23. The predicted molar refractivity (Wildman–Crippen MR) is 137 cm³/mol. The molecule has 0 radical (unpaired) electrons. The molecule has 0 unspecified atom stereocenters. The number of benzene rings is 1. The Morgan fingerprint density at radius 3 is 2.22 bits per heavy atom. The second kappa shape index (κ2) is 13.4. The Bertz CT molecular complexity index is 902. The third kappa shape index (κ3) is 8.62. The third-order valence-corrected chi connectivity index (χ3v) is 6.69. The van der Waals surface area contributed by atoms with Crippen molar-refractivity contribution in [2.75, 3.05) is 13.1 Å². The van der Waals surface area contributed by atoms with Crippen molar-refractivity contribution in [2.45, 2.75) is 85.2 Å². The van der Waals surface area contributed by atoms with Crippen molar-refractivity contribution < 1.29 is 24.4 Å². The normalized spacial score (nSPS) is 16.1. The van der Waals surface area contributed by atoms with E-state index >= 15 is 0 Å². The molecule has 1 fully saturated rings. The van der Waals surface area contributed by atoms with Crippen molar-refractivity contribution in [3.05, 3.63) is 35.4 Å². The molecule has 1 aromatic rings. The van der Waals surface area contributed by atoms with Crippen LogP contribution in [0.1, 0.15) is 82.1 Å². The Morgan fingerprint density at radius 2 is 1.69 bits per heavy atom. The largest absolute Gasteiger partial charge is 0.349 e. The van der Waals surface area contributed by atoms with Gasteiger partial charge < -0.3 is 15.5 Å². The molecule has 0 bridgehead atoms. The first kappa shape index (κ1) is 29.3. The van der Waals surface area contributed by atoms with Gasteiger partial charge in [0, 0.05) is 37.0 Å². The number of likely N-dealkylation sites (tertiary alicyclic amines) is 1. The smallest absolute Gasteiger partial charge is 0.251 e. The number of hydrogen-bond acceptors (Lipinski definition) is 5. The summed E-state index contributed by atoms with van der Waals surface area (Å²) in [6.45, 7) is 10.6. The molecule has 200 valence electrons. The topological polar surface area (TPSA) is 128 Å². The number of aryl methyl sites for hydroxylation is 1. The molecule has 1 heterocycles. The van der Waals surface area contributed by atoms with Crippen LogP contribution in [0.25, 0.3) is 0 Å². The van der Waals surface area contributed by atoms with Gasteiger partial charge in [0.2, 0.25) is 17.7 Å². The van der Waals surface area contributed by atoms with E-state index in [1.54, 1.807) is 22.5 Å². The van der Waals surface area contributed by atoms with Crippen LogP contribution in [-0.4, -0.2) is 58.9 Å². The van der Waals surface area contributed by atoms with Crippen LogP contribution in [0.5, 0.6) is 0 Å². The number of hydroxylamine groups is 1. The number of piperidine rings is 1. The molecule has 9 heteroatoms. The van der Waals surface area contributed by atoms with Crippen molar-refractivity contribution in [3.63, 3.8) is 0 Å². The van der Waals surface area contributed by atoms with Gasteiger partial charge in [-0.25, -0.2) is 5.48 Å². The molecule has 36 heavy (non-hydrogen) atoms. The van der Waals surface area contributed by atoms with E-state index in [-0.39, 0.29) is 30.2 Å². The van der Waals surface area contributed by atoms with E-state index in [2.05, 4.69) is 10.6 Å². The predicted octanol–water partition coefficient (Wildman–Crippen LogP) is 2.95. The molecule has 4 N–H and O–H groups in total. The number of rotatable bonds is 10. The lowest BCUT2D eigenvalue weighted by Gasteiger charge is -2.39. The number of unbranched alkanes of at least 4 members (excludes halogenated alkanes) is 1. The average molecular weight is 503 g/mol. The first-order valence-corrected chi connectivity index (χ1v) is 12.9. The minimum atomic E-state index is -0.759. The summed E-state index contributed by atoms with van der Waals surface area (Å²) in [7, 11) is 0. The van der Waals surface area contributed by atoms with Gasteiger partial charge in [-0.3, -0.25) is 24.4 Å². The summed E-state index contributed by atoms with van der Waals surface area (Å²) in [5.74, 6) is -1.90. The third-order valence-electron chi connectivity index (χ3n) is 6.69. The summed E-state index contributed by atoms with van der Waals surface area (Å²) in [5, 5.41) is 14.9. The van der Waals surface area contributed by atoms with Gasteiger partial charge in [0.25, 0.3) is 5.91 Å². The van der Waals surface area contributed by atoms with Gasteiger partial charge >= 0.3 is 0 Å². The minimum Gasteiger partial charge on any atom is -0.349 e. The Balaban J connectivity index is 2.00. The molecule has 1 saturated heterocycles. The molecule has 0 aromatic heterocycles. The number of carbonyl (C=O) groups excluding carboxylic acids is 4. The summed E-state index contributed by atoms with van der Waals surface area (Å²) in [4.78, 5) is 52.6. The van der Waals surface area contributed by atoms with Crippen molar-refractivity contribution in [1.82, 2.24) is 21.0 Å². The van der Waals surface area contributed by atoms with E-state index in [0.717, 1.165) is 18.4 Å². The van der Waals surface area contributed by atoms with Crippen LogP contribution in [-0.2, 0) is 14.4 Å². The lowest BCUT2D eigenvalue weighted by atomic mass is 9.84. The summed E-state index contributed by atoms with van der Waals surface area (Å²) in [6, 6.07) is 6.63. The van der Waals surface area contributed by atoms with Gasteiger partial charge in [-0.2, -0.15) is 0 Å². The van der Waals surface area contributed by atoms with Crippen LogP contribution in [0, 0.1) is 18.3 Å². The van der Waals surface area contributed by atoms with Gasteiger partial charge in [0.15, 0.2) is 0 Å². The summed E-state index contributed by atoms with van der Waals surface area (Å²) >= 11 is 0. The fraction of sp³-hybridized carbons (Fsp3) is 0.630. The Kier molecular flexibility index (Phi) is 10.9. The maximum atomic E-state index is 13.5. The average Bonchev–Trinajstić information content (AvgIpc) is 2.84. The number of amides is 4. The molecule has 4 amide bonds. The van der Waals surface area contributed by atoms with Crippen LogP contribution in [0.3, 0.4) is 0 Å². The van der Waals surface area contributed by atoms with Gasteiger partial charge in [-0.05, 0) is 43.7 Å². The highest BCUT2D eigenvalue weighted by Gasteiger charge is 2.38. The van der Waals surface area contributed by atoms with Crippen molar-refractivity contribution >= 4 is 23.6 Å². The first-order valence-electron chi connectivity index (χ1n) is 12.9. The zero-order valence-electron chi connectivity index (χ0n) is 22.2.